The molecule has 7 heteroatoms. The summed E-state index contributed by atoms with van der Waals surface area (Å²) >= 11 is 1.55. The number of hydrogen-bond donors (Lipinski definition) is 2. The van der Waals surface area contributed by atoms with E-state index >= 15 is 0 Å². The number of anilines is 1. The minimum absolute atomic E-state index is 0.0599. The predicted octanol–water partition coefficient (Wildman–Crippen LogP) is 2.51. The number of rotatable bonds is 2. The van der Waals surface area contributed by atoms with Crippen molar-refractivity contribution in [1.29, 1.82) is 0 Å². The Kier molecular flexibility index (Phi) is 4.03. The van der Waals surface area contributed by atoms with E-state index in [-0.39, 0.29) is 23.8 Å². The predicted molar refractivity (Wildman–Crippen MR) is 104 cm³/mol. The van der Waals surface area contributed by atoms with Crippen molar-refractivity contribution in [1.82, 2.24) is 15.3 Å². The molecule has 1 amide bonds. The molecule has 0 spiro atoms. The normalized spacial score (nSPS) is 16.9. The van der Waals surface area contributed by atoms with Crippen molar-refractivity contribution in [2.45, 2.75) is 25.8 Å². The molecule has 26 heavy (non-hydrogen) atoms. The Morgan fingerprint density at radius 1 is 1.27 bits per heavy atom. The van der Waals surface area contributed by atoms with Gasteiger partial charge in [0.05, 0.1) is 17.8 Å². The summed E-state index contributed by atoms with van der Waals surface area (Å²) in [6.45, 7) is 2.38. The Bertz CT molecular complexity index is 1070. The number of carbonyl (C=O) groups is 1. The lowest BCUT2D eigenvalue weighted by atomic mass is 9.93. The first-order chi connectivity index (χ1) is 12.4. The molecule has 134 valence electrons. The van der Waals surface area contributed by atoms with Gasteiger partial charge < -0.3 is 15.2 Å². The molecule has 0 bridgehead atoms. The fraction of sp³-hybridized carbons (Fsp3) is 0.316. The first-order valence-corrected chi connectivity index (χ1v) is 9.32. The number of carbonyl (C=O) groups excluding carboxylic acids is 1. The average Bonchev–Trinajstić information content (AvgIpc) is 2.96. The van der Waals surface area contributed by atoms with Crippen molar-refractivity contribution in [3.63, 3.8) is 0 Å². The highest BCUT2D eigenvalue weighted by Gasteiger charge is 2.30. The molecule has 1 atom stereocenters. The molecule has 1 aromatic carbocycles. The van der Waals surface area contributed by atoms with Crippen molar-refractivity contribution >= 4 is 33.3 Å². The summed E-state index contributed by atoms with van der Waals surface area (Å²) in [7, 11) is 3.88. The van der Waals surface area contributed by atoms with Crippen LogP contribution < -0.4 is 15.8 Å². The van der Waals surface area contributed by atoms with Gasteiger partial charge in [0.1, 0.15) is 0 Å². The number of aryl methyl sites for hydroxylation is 1. The number of amides is 1. The van der Waals surface area contributed by atoms with Gasteiger partial charge in [0.2, 0.25) is 5.91 Å². The monoisotopic (exact) mass is 368 g/mol. The smallest absolute Gasteiger partial charge is 0.252 e. The zero-order chi connectivity index (χ0) is 18.4. The second kappa shape index (κ2) is 6.25. The number of benzene rings is 1. The van der Waals surface area contributed by atoms with Gasteiger partial charge in [0.15, 0.2) is 5.13 Å². The van der Waals surface area contributed by atoms with Crippen LogP contribution in [-0.2, 0) is 11.3 Å². The number of fused-ring (bicyclic) bond motifs is 2. The van der Waals surface area contributed by atoms with Crippen LogP contribution in [0.25, 0.3) is 10.9 Å². The van der Waals surface area contributed by atoms with Crippen LogP contribution in [0.4, 0.5) is 5.13 Å². The lowest BCUT2D eigenvalue weighted by Crippen LogP contribution is -2.23. The van der Waals surface area contributed by atoms with Crippen LogP contribution in [-0.4, -0.2) is 30.0 Å². The van der Waals surface area contributed by atoms with Crippen molar-refractivity contribution < 1.29 is 4.79 Å². The third kappa shape index (κ3) is 2.78. The summed E-state index contributed by atoms with van der Waals surface area (Å²) in [6.07, 6.45) is 0.252. The maximum absolute atomic E-state index is 12.8. The summed E-state index contributed by atoms with van der Waals surface area (Å²) in [5, 5.41) is 4.75. The maximum Gasteiger partial charge on any atom is 0.252 e. The minimum atomic E-state index is -0.285. The lowest BCUT2D eigenvalue weighted by molar-refractivity contribution is -0.121. The fourth-order valence-electron chi connectivity index (χ4n) is 3.38. The van der Waals surface area contributed by atoms with Crippen molar-refractivity contribution in [3.8, 4) is 0 Å². The largest absolute Gasteiger partial charge is 0.354 e. The van der Waals surface area contributed by atoms with E-state index in [0.717, 1.165) is 32.2 Å². The standard InChI is InChI=1S/C19H20N4O2S/c1-10-5-4-6-11-7-13(18(25)22-16(10)11)12-8-15(24)20-9-14-17(12)26-19(21-14)23(2)3/h4-7,12H,8-9H2,1-3H3,(H,20,24)(H,22,25)/t12-/m1/s1. The molecule has 6 nitrogen and oxygen atoms in total. The van der Waals surface area contributed by atoms with Gasteiger partial charge in [-0.3, -0.25) is 9.59 Å². The number of H-pyrrole nitrogens is 1. The molecule has 2 aromatic heterocycles. The molecule has 1 aliphatic heterocycles. The van der Waals surface area contributed by atoms with E-state index in [9.17, 15) is 9.59 Å². The van der Waals surface area contributed by atoms with E-state index in [2.05, 4.69) is 15.3 Å². The number of aromatic amines is 1. The van der Waals surface area contributed by atoms with Crippen LogP contribution in [0.5, 0.6) is 0 Å². The maximum atomic E-state index is 12.8. The highest BCUT2D eigenvalue weighted by atomic mass is 32.1. The number of pyridine rings is 1. The summed E-state index contributed by atoms with van der Waals surface area (Å²) < 4.78 is 0. The molecular weight excluding hydrogens is 348 g/mol. The van der Waals surface area contributed by atoms with E-state index in [4.69, 9.17) is 0 Å². The summed E-state index contributed by atoms with van der Waals surface area (Å²) in [4.78, 5) is 35.7. The van der Waals surface area contributed by atoms with Gasteiger partial charge >= 0.3 is 0 Å². The molecule has 0 saturated heterocycles. The summed E-state index contributed by atoms with van der Waals surface area (Å²) in [6, 6.07) is 7.85. The van der Waals surface area contributed by atoms with Crippen molar-refractivity contribution in [2.24, 2.45) is 0 Å². The quantitative estimate of drug-likeness (QED) is 0.729. The Balaban J connectivity index is 1.91. The van der Waals surface area contributed by atoms with Crippen molar-refractivity contribution in [2.75, 3.05) is 19.0 Å². The summed E-state index contributed by atoms with van der Waals surface area (Å²) in [5.74, 6) is -0.345. The zero-order valence-electron chi connectivity index (χ0n) is 14.9. The lowest BCUT2D eigenvalue weighted by Gasteiger charge is -2.14. The van der Waals surface area contributed by atoms with Gasteiger partial charge in [0.25, 0.3) is 5.56 Å². The van der Waals surface area contributed by atoms with Gasteiger partial charge in [0, 0.05) is 36.9 Å². The molecule has 0 radical (unpaired) electrons. The van der Waals surface area contributed by atoms with Gasteiger partial charge in [-0.2, -0.15) is 0 Å². The van der Waals surface area contributed by atoms with Crippen molar-refractivity contribution in [3.05, 3.63) is 56.3 Å². The first kappa shape index (κ1) is 16.8. The first-order valence-electron chi connectivity index (χ1n) is 8.50. The van der Waals surface area contributed by atoms with Crippen LogP contribution in [0.1, 0.15) is 34.0 Å². The van der Waals surface area contributed by atoms with Crippen LogP contribution in [0.3, 0.4) is 0 Å². The molecule has 4 rings (SSSR count). The van der Waals surface area contributed by atoms with Gasteiger partial charge in [-0.25, -0.2) is 4.98 Å². The van der Waals surface area contributed by atoms with Gasteiger partial charge in [-0.1, -0.05) is 18.2 Å². The molecule has 0 unspecified atom stereocenters. The van der Waals surface area contributed by atoms with E-state index in [1.165, 1.54) is 0 Å². The van der Waals surface area contributed by atoms with Gasteiger partial charge in [-0.05, 0) is 23.9 Å². The Labute approximate surface area is 154 Å². The highest BCUT2D eigenvalue weighted by molar-refractivity contribution is 7.15. The Morgan fingerprint density at radius 3 is 2.85 bits per heavy atom. The SMILES string of the molecule is Cc1cccc2cc([C@H]3CC(=O)NCc4nc(N(C)C)sc43)c(=O)[nH]c12. The van der Waals surface area contributed by atoms with E-state index < -0.39 is 0 Å². The molecule has 1 aliphatic rings. The molecule has 0 aliphatic carbocycles. The second-order valence-corrected chi connectivity index (χ2v) is 7.84. The fourth-order valence-corrected chi connectivity index (χ4v) is 4.51. The van der Waals surface area contributed by atoms with E-state index in [1.807, 2.05) is 50.2 Å². The minimum Gasteiger partial charge on any atom is -0.354 e. The molecule has 2 N–H and O–H groups in total. The summed E-state index contributed by atoms with van der Waals surface area (Å²) in [5.41, 5.74) is 3.20. The number of aromatic nitrogens is 2. The zero-order valence-corrected chi connectivity index (χ0v) is 15.7. The number of para-hydroxylation sites is 1. The second-order valence-electron chi connectivity index (χ2n) is 6.83. The Hall–Kier alpha value is -2.67. The highest BCUT2D eigenvalue weighted by Crippen LogP contribution is 2.38. The number of hydrogen-bond acceptors (Lipinski definition) is 5. The topological polar surface area (TPSA) is 78.1 Å². The van der Waals surface area contributed by atoms with E-state index in [1.54, 1.807) is 11.3 Å². The average molecular weight is 368 g/mol. The van der Waals surface area contributed by atoms with Crippen LogP contribution in [0, 0.1) is 6.92 Å². The third-order valence-electron chi connectivity index (χ3n) is 4.75. The number of thiazole rings is 1. The number of nitrogens with one attached hydrogen (secondary N) is 2. The van der Waals surface area contributed by atoms with Gasteiger partial charge in [-0.15, -0.1) is 11.3 Å². The molecule has 0 saturated carbocycles. The third-order valence-corrected chi connectivity index (χ3v) is 6.13. The molecule has 3 aromatic rings. The van der Waals surface area contributed by atoms with Crippen LogP contribution in [0.15, 0.2) is 29.1 Å². The van der Waals surface area contributed by atoms with E-state index in [0.29, 0.717) is 12.1 Å². The Morgan fingerprint density at radius 2 is 2.08 bits per heavy atom. The molecule has 3 heterocycles. The molecule has 0 fully saturated rings. The molecular formula is C19H20N4O2S. The van der Waals surface area contributed by atoms with Crippen LogP contribution >= 0.6 is 11.3 Å². The van der Waals surface area contributed by atoms with Crippen LogP contribution in [0.2, 0.25) is 0 Å². The number of nitrogens with zero attached hydrogens (tertiary/aromatic N) is 2.